The minimum atomic E-state index is -0.511. The molecule has 1 aromatic rings. The normalized spacial score (nSPS) is 20.8. The van der Waals surface area contributed by atoms with Crippen molar-refractivity contribution >= 4 is 24.2 Å². The highest BCUT2D eigenvalue weighted by Gasteiger charge is 2.26. The van der Waals surface area contributed by atoms with Gasteiger partial charge in [0.2, 0.25) is 5.91 Å². The van der Waals surface area contributed by atoms with Gasteiger partial charge in [0.1, 0.15) is 6.04 Å². The zero-order valence-electron chi connectivity index (χ0n) is 16.0. The minimum Gasteiger partial charge on any atom is -0.352 e. The van der Waals surface area contributed by atoms with Gasteiger partial charge in [-0.15, -0.1) is 12.4 Å². The Kier molecular flexibility index (Phi) is 9.09. The zero-order valence-corrected chi connectivity index (χ0v) is 16.8. The first-order valence-electron chi connectivity index (χ1n) is 9.29. The lowest BCUT2D eigenvalue weighted by molar-refractivity contribution is -0.124. The molecule has 1 fully saturated rings. The smallest absolute Gasteiger partial charge is 0.252 e. The molecule has 0 aliphatic heterocycles. The Morgan fingerprint density at radius 3 is 2.35 bits per heavy atom. The van der Waals surface area contributed by atoms with E-state index in [9.17, 15) is 9.59 Å². The van der Waals surface area contributed by atoms with Gasteiger partial charge in [0.25, 0.3) is 5.91 Å². The summed E-state index contributed by atoms with van der Waals surface area (Å²) in [6.07, 6.45) is 4.32. The van der Waals surface area contributed by atoms with Crippen LogP contribution in [0.25, 0.3) is 0 Å². The maximum atomic E-state index is 12.7. The number of nitrogens with one attached hydrogen (secondary N) is 2. The van der Waals surface area contributed by atoms with Crippen LogP contribution in [0.3, 0.4) is 0 Å². The SMILES string of the molecule is Cc1ccccc1C(=O)NC(CC(C)C)C(=O)NC1CCC(N)CC1.Cl. The fourth-order valence-corrected chi connectivity index (χ4v) is 3.33. The van der Waals surface area contributed by atoms with E-state index in [1.807, 2.05) is 25.1 Å². The number of hydrogen-bond acceptors (Lipinski definition) is 3. The standard InChI is InChI=1S/C20H31N3O2.ClH/c1-13(2)12-18(20(25)22-16-10-8-15(21)9-11-16)23-19(24)17-7-5-4-6-14(17)3;/h4-7,13,15-16,18H,8-12,21H2,1-3H3,(H,22,25)(H,23,24);1H. The molecule has 1 aliphatic rings. The number of carbonyl (C=O) groups is 2. The van der Waals surface area contributed by atoms with Gasteiger partial charge in [-0.1, -0.05) is 32.0 Å². The molecule has 0 bridgehead atoms. The number of halogens is 1. The molecule has 1 unspecified atom stereocenters. The molecule has 0 radical (unpaired) electrons. The second-order valence-corrected chi connectivity index (χ2v) is 7.59. The maximum absolute atomic E-state index is 12.7. The minimum absolute atomic E-state index is 0. The third kappa shape index (κ3) is 6.61. The summed E-state index contributed by atoms with van der Waals surface area (Å²) >= 11 is 0. The molecule has 4 N–H and O–H groups in total. The molecule has 2 amide bonds. The summed E-state index contributed by atoms with van der Waals surface area (Å²) in [5.74, 6) is 0.0355. The second kappa shape index (κ2) is 10.5. The summed E-state index contributed by atoms with van der Waals surface area (Å²) in [6.45, 7) is 6.01. The predicted octanol–water partition coefficient (Wildman–Crippen LogP) is 2.95. The first-order valence-corrected chi connectivity index (χ1v) is 9.29. The Balaban J connectivity index is 0.00000338. The molecule has 0 saturated heterocycles. The Bertz CT molecular complexity index is 598. The number of benzene rings is 1. The van der Waals surface area contributed by atoms with E-state index < -0.39 is 6.04 Å². The molecule has 0 aromatic heterocycles. The molecule has 1 saturated carbocycles. The van der Waals surface area contributed by atoms with E-state index in [2.05, 4.69) is 24.5 Å². The Morgan fingerprint density at radius 1 is 1.15 bits per heavy atom. The fourth-order valence-electron chi connectivity index (χ4n) is 3.33. The number of amides is 2. The van der Waals surface area contributed by atoms with Crippen molar-refractivity contribution in [2.45, 2.75) is 71.0 Å². The summed E-state index contributed by atoms with van der Waals surface area (Å²) < 4.78 is 0. The number of hydrogen-bond donors (Lipinski definition) is 3. The van der Waals surface area contributed by atoms with Gasteiger partial charge in [-0.2, -0.15) is 0 Å². The molecule has 0 spiro atoms. The van der Waals surface area contributed by atoms with E-state index in [4.69, 9.17) is 5.73 Å². The average molecular weight is 382 g/mol. The molecule has 1 aromatic carbocycles. The quantitative estimate of drug-likeness (QED) is 0.708. The van der Waals surface area contributed by atoms with Crippen molar-refractivity contribution in [1.82, 2.24) is 10.6 Å². The van der Waals surface area contributed by atoms with E-state index in [-0.39, 0.29) is 36.3 Å². The monoisotopic (exact) mass is 381 g/mol. The van der Waals surface area contributed by atoms with Crippen molar-refractivity contribution in [2.24, 2.45) is 11.7 Å². The van der Waals surface area contributed by atoms with Crippen LogP contribution in [-0.2, 0) is 4.79 Å². The predicted molar refractivity (Wildman–Crippen MR) is 108 cm³/mol. The lowest BCUT2D eigenvalue weighted by atomic mass is 9.91. The third-order valence-corrected chi connectivity index (χ3v) is 4.84. The average Bonchev–Trinajstić information content (AvgIpc) is 2.56. The number of nitrogens with two attached hydrogens (primary N) is 1. The van der Waals surface area contributed by atoms with Crippen LogP contribution in [0.5, 0.6) is 0 Å². The van der Waals surface area contributed by atoms with Gasteiger partial charge in [0.15, 0.2) is 0 Å². The first-order chi connectivity index (χ1) is 11.9. The molecule has 2 rings (SSSR count). The highest BCUT2D eigenvalue weighted by molar-refractivity contribution is 5.98. The van der Waals surface area contributed by atoms with E-state index in [1.165, 1.54) is 0 Å². The molecule has 5 nitrogen and oxygen atoms in total. The molecule has 1 aliphatic carbocycles. The highest BCUT2D eigenvalue weighted by atomic mass is 35.5. The number of carbonyl (C=O) groups excluding carboxylic acids is 2. The Morgan fingerprint density at radius 2 is 1.77 bits per heavy atom. The zero-order chi connectivity index (χ0) is 18.4. The molecular formula is C20H32ClN3O2. The summed E-state index contributed by atoms with van der Waals surface area (Å²) in [6, 6.07) is 7.33. The highest BCUT2D eigenvalue weighted by Crippen LogP contribution is 2.17. The van der Waals surface area contributed by atoms with Gasteiger partial charge in [-0.25, -0.2) is 0 Å². The lowest BCUT2D eigenvalue weighted by Crippen LogP contribution is -2.51. The van der Waals surface area contributed by atoms with Crippen LogP contribution in [0.2, 0.25) is 0 Å². The van der Waals surface area contributed by atoms with Crippen LogP contribution in [0.15, 0.2) is 24.3 Å². The Hall–Kier alpha value is -1.59. The van der Waals surface area contributed by atoms with Crippen molar-refractivity contribution in [3.8, 4) is 0 Å². The molecular weight excluding hydrogens is 350 g/mol. The van der Waals surface area contributed by atoms with Crippen LogP contribution in [0.4, 0.5) is 0 Å². The summed E-state index contributed by atoms with van der Waals surface area (Å²) in [7, 11) is 0. The topological polar surface area (TPSA) is 84.2 Å². The van der Waals surface area contributed by atoms with Gasteiger partial charge in [0.05, 0.1) is 0 Å². The second-order valence-electron chi connectivity index (χ2n) is 7.59. The third-order valence-electron chi connectivity index (χ3n) is 4.84. The maximum Gasteiger partial charge on any atom is 0.252 e. The van der Waals surface area contributed by atoms with Gasteiger partial charge in [0, 0.05) is 17.6 Å². The van der Waals surface area contributed by atoms with Gasteiger partial charge < -0.3 is 16.4 Å². The lowest BCUT2D eigenvalue weighted by Gasteiger charge is -2.29. The van der Waals surface area contributed by atoms with E-state index in [1.54, 1.807) is 6.07 Å². The largest absolute Gasteiger partial charge is 0.352 e. The van der Waals surface area contributed by atoms with Crippen molar-refractivity contribution in [2.75, 3.05) is 0 Å². The number of rotatable bonds is 6. The molecule has 26 heavy (non-hydrogen) atoms. The van der Waals surface area contributed by atoms with E-state index in [0.29, 0.717) is 17.9 Å². The molecule has 1 atom stereocenters. The van der Waals surface area contributed by atoms with Crippen molar-refractivity contribution in [3.05, 3.63) is 35.4 Å². The van der Waals surface area contributed by atoms with Crippen molar-refractivity contribution in [1.29, 1.82) is 0 Å². The van der Waals surface area contributed by atoms with Gasteiger partial charge in [-0.3, -0.25) is 9.59 Å². The fraction of sp³-hybridized carbons (Fsp3) is 0.600. The van der Waals surface area contributed by atoms with Crippen LogP contribution >= 0.6 is 12.4 Å². The van der Waals surface area contributed by atoms with Crippen molar-refractivity contribution in [3.63, 3.8) is 0 Å². The van der Waals surface area contributed by atoms with Crippen LogP contribution in [0, 0.1) is 12.8 Å². The molecule has 146 valence electrons. The first kappa shape index (κ1) is 22.5. The van der Waals surface area contributed by atoms with E-state index in [0.717, 1.165) is 31.2 Å². The Labute approximate surface area is 162 Å². The van der Waals surface area contributed by atoms with Crippen LogP contribution in [-0.4, -0.2) is 29.9 Å². The van der Waals surface area contributed by atoms with Gasteiger partial charge >= 0.3 is 0 Å². The molecule has 6 heteroatoms. The summed E-state index contributed by atoms with van der Waals surface area (Å²) in [5.41, 5.74) is 7.45. The number of aryl methyl sites for hydroxylation is 1. The molecule has 0 heterocycles. The van der Waals surface area contributed by atoms with E-state index >= 15 is 0 Å². The van der Waals surface area contributed by atoms with Crippen LogP contribution in [0.1, 0.15) is 61.9 Å². The van der Waals surface area contributed by atoms with Crippen LogP contribution < -0.4 is 16.4 Å². The summed E-state index contributed by atoms with van der Waals surface area (Å²) in [4.78, 5) is 25.3. The summed E-state index contributed by atoms with van der Waals surface area (Å²) in [5, 5.41) is 6.04. The van der Waals surface area contributed by atoms with Crippen molar-refractivity contribution < 1.29 is 9.59 Å². The van der Waals surface area contributed by atoms with Gasteiger partial charge in [-0.05, 0) is 56.6 Å².